The van der Waals surface area contributed by atoms with Crippen molar-refractivity contribution in [3.8, 4) is 11.5 Å². The van der Waals surface area contributed by atoms with Crippen LogP contribution in [-0.2, 0) is 11.3 Å². The number of imide groups is 1. The van der Waals surface area contributed by atoms with E-state index in [1.165, 1.54) is 19.1 Å². The summed E-state index contributed by atoms with van der Waals surface area (Å²) in [4.78, 5) is 26.6. The van der Waals surface area contributed by atoms with Gasteiger partial charge in [0.1, 0.15) is 0 Å². The summed E-state index contributed by atoms with van der Waals surface area (Å²) >= 11 is 10.6. The largest absolute Gasteiger partial charge is 0.493 e. The van der Waals surface area contributed by atoms with Crippen LogP contribution in [0.2, 0.25) is 5.02 Å². The quantitative estimate of drug-likeness (QED) is 0.553. The van der Waals surface area contributed by atoms with E-state index in [0.717, 1.165) is 21.8 Å². The van der Waals surface area contributed by atoms with Crippen molar-refractivity contribution in [2.75, 3.05) is 14.2 Å². The van der Waals surface area contributed by atoms with Gasteiger partial charge in [-0.2, -0.15) is 0 Å². The maximum Gasteiger partial charge on any atom is 0.293 e. The van der Waals surface area contributed by atoms with Crippen LogP contribution in [0.15, 0.2) is 45.8 Å². The Morgan fingerprint density at radius 1 is 1.15 bits per heavy atom. The van der Waals surface area contributed by atoms with Gasteiger partial charge in [0.2, 0.25) is 0 Å². The summed E-state index contributed by atoms with van der Waals surface area (Å²) in [6.07, 6.45) is 1.59. The van der Waals surface area contributed by atoms with Crippen LogP contribution in [0.25, 0.3) is 6.08 Å². The van der Waals surface area contributed by atoms with Crippen molar-refractivity contribution in [3.05, 3.63) is 61.9 Å². The molecule has 5 nitrogen and oxygen atoms in total. The maximum atomic E-state index is 12.7. The molecule has 8 heteroatoms. The second kappa shape index (κ2) is 8.37. The van der Waals surface area contributed by atoms with E-state index in [4.69, 9.17) is 21.1 Å². The summed E-state index contributed by atoms with van der Waals surface area (Å²) in [6, 6.07) is 10.7. The Kier molecular flexibility index (Phi) is 6.14. The number of hydrogen-bond acceptors (Lipinski definition) is 5. The van der Waals surface area contributed by atoms with E-state index in [-0.39, 0.29) is 17.7 Å². The van der Waals surface area contributed by atoms with Gasteiger partial charge < -0.3 is 9.47 Å². The van der Waals surface area contributed by atoms with Crippen LogP contribution < -0.4 is 9.47 Å². The van der Waals surface area contributed by atoms with Gasteiger partial charge in [0.15, 0.2) is 11.5 Å². The van der Waals surface area contributed by atoms with E-state index in [1.807, 2.05) is 24.3 Å². The fourth-order valence-electron chi connectivity index (χ4n) is 2.56. The Morgan fingerprint density at radius 2 is 1.81 bits per heavy atom. The molecular formula is C19H15BrClNO4S. The number of carbonyl (C=O) groups excluding carboxylic acids is 2. The molecule has 0 N–H and O–H groups in total. The molecule has 1 aliphatic heterocycles. The molecule has 0 radical (unpaired) electrons. The van der Waals surface area contributed by atoms with E-state index in [2.05, 4.69) is 15.9 Å². The summed E-state index contributed by atoms with van der Waals surface area (Å²) in [5.41, 5.74) is 1.42. The molecule has 2 amide bonds. The summed E-state index contributed by atoms with van der Waals surface area (Å²) in [7, 11) is 3.03. The predicted molar refractivity (Wildman–Crippen MR) is 110 cm³/mol. The number of nitrogens with zero attached hydrogens (tertiary/aromatic N) is 1. The summed E-state index contributed by atoms with van der Waals surface area (Å²) in [6.45, 7) is 0.198. The molecule has 2 aromatic carbocycles. The molecule has 1 fully saturated rings. The third kappa shape index (κ3) is 4.15. The van der Waals surface area contributed by atoms with Gasteiger partial charge in [-0.1, -0.05) is 45.7 Å². The highest BCUT2D eigenvalue weighted by Gasteiger charge is 2.35. The van der Waals surface area contributed by atoms with Gasteiger partial charge in [0.25, 0.3) is 11.1 Å². The van der Waals surface area contributed by atoms with E-state index in [0.29, 0.717) is 27.0 Å². The zero-order valence-corrected chi connectivity index (χ0v) is 17.7. The number of hydrogen-bond donors (Lipinski definition) is 0. The third-order valence-corrected chi connectivity index (χ3v) is 5.96. The first-order valence-corrected chi connectivity index (χ1v) is 9.83. The average Bonchev–Trinajstić information content (AvgIpc) is 2.92. The van der Waals surface area contributed by atoms with Crippen LogP contribution in [0.3, 0.4) is 0 Å². The first-order chi connectivity index (χ1) is 12.9. The number of amides is 2. The zero-order valence-electron chi connectivity index (χ0n) is 14.5. The lowest BCUT2D eigenvalue weighted by Crippen LogP contribution is -2.27. The highest BCUT2D eigenvalue weighted by Crippen LogP contribution is 2.38. The number of thioether (sulfide) groups is 1. The minimum atomic E-state index is -0.355. The molecule has 0 saturated carbocycles. The number of ether oxygens (including phenoxy) is 2. The van der Waals surface area contributed by atoms with Crippen LogP contribution >= 0.6 is 39.3 Å². The molecule has 0 bridgehead atoms. The Bertz CT molecular complexity index is 947. The Morgan fingerprint density at radius 3 is 2.48 bits per heavy atom. The molecule has 27 heavy (non-hydrogen) atoms. The smallest absolute Gasteiger partial charge is 0.293 e. The second-order valence-corrected chi connectivity index (χ2v) is 7.84. The molecule has 0 unspecified atom stereocenters. The molecule has 0 aromatic heterocycles. The fraction of sp³-hybridized carbons (Fsp3) is 0.158. The van der Waals surface area contributed by atoms with E-state index in [9.17, 15) is 9.59 Å². The minimum absolute atomic E-state index is 0.198. The van der Waals surface area contributed by atoms with Crippen molar-refractivity contribution in [1.82, 2.24) is 4.90 Å². The third-order valence-electron chi connectivity index (χ3n) is 3.95. The second-order valence-electron chi connectivity index (χ2n) is 5.59. The molecule has 2 aromatic rings. The number of rotatable bonds is 5. The lowest BCUT2D eigenvalue weighted by molar-refractivity contribution is -0.123. The van der Waals surface area contributed by atoms with Crippen molar-refractivity contribution in [3.63, 3.8) is 0 Å². The van der Waals surface area contributed by atoms with Crippen molar-refractivity contribution in [2.24, 2.45) is 0 Å². The van der Waals surface area contributed by atoms with E-state index < -0.39 is 0 Å². The Balaban J connectivity index is 1.90. The van der Waals surface area contributed by atoms with Gasteiger partial charge in [-0.05, 0) is 41.1 Å². The standard InChI is InChI=1S/C19H15BrClNO4S/c1-25-15-7-12(14(21)9-16(15)26-2)8-17-18(23)22(19(24)27-17)10-11-5-3-4-6-13(11)20/h3-9H,10H2,1-2H3/b17-8-. The molecule has 140 valence electrons. The SMILES string of the molecule is COc1cc(Cl)c(/C=C2\SC(=O)N(Cc3ccccc3Br)C2=O)cc1OC. The number of carbonyl (C=O) groups is 2. The highest BCUT2D eigenvalue weighted by molar-refractivity contribution is 9.10. The lowest BCUT2D eigenvalue weighted by Gasteiger charge is -2.13. The van der Waals surface area contributed by atoms with Crippen LogP contribution in [0.4, 0.5) is 4.79 Å². The number of methoxy groups -OCH3 is 2. The fourth-order valence-corrected chi connectivity index (χ4v) is 4.00. The van der Waals surface area contributed by atoms with E-state index in [1.54, 1.807) is 18.2 Å². The average molecular weight is 469 g/mol. The van der Waals surface area contributed by atoms with E-state index >= 15 is 0 Å². The molecule has 0 spiro atoms. The Labute approximate surface area is 174 Å². The first-order valence-electron chi connectivity index (χ1n) is 7.85. The first kappa shape index (κ1) is 19.8. The molecule has 0 atom stereocenters. The highest BCUT2D eigenvalue weighted by atomic mass is 79.9. The van der Waals surface area contributed by atoms with Gasteiger partial charge in [0.05, 0.1) is 30.7 Å². The monoisotopic (exact) mass is 467 g/mol. The Hall–Kier alpha value is -1.96. The number of halogens is 2. The molecule has 3 rings (SSSR count). The van der Waals surface area contributed by atoms with Crippen LogP contribution in [0.5, 0.6) is 11.5 Å². The van der Waals surface area contributed by atoms with Crippen LogP contribution in [0, 0.1) is 0 Å². The molecule has 1 heterocycles. The van der Waals surface area contributed by atoms with Gasteiger partial charge in [-0.25, -0.2) is 0 Å². The van der Waals surface area contributed by atoms with Crippen molar-refractivity contribution < 1.29 is 19.1 Å². The lowest BCUT2D eigenvalue weighted by atomic mass is 10.1. The van der Waals surface area contributed by atoms with Gasteiger partial charge in [0, 0.05) is 10.5 Å². The summed E-state index contributed by atoms with van der Waals surface area (Å²) < 4.78 is 11.3. The van der Waals surface area contributed by atoms with Gasteiger partial charge in [-0.15, -0.1) is 0 Å². The van der Waals surface area contributed by atoms with Crippen molar-refractivity contribution in [2.45, 2.75) is 6.54 Å². The van der Waals surface area contributed by atoms with Crippen LogP contribution in [0.1, 0.15) is 11.1 Å². The molecular weight excluding hydrogens is 454 g/mol. The summed E-state index contributed by atoms with van der Waals surface area (Å²) in [5, 5.41) is 0.0730. The normalized spacial score (nSPS) is 15.6. The predicted octanol–water partition coefficient (Wildman–Crippen LogP) is 5.36. The number of benzene rings is 2. The molecule has 1 saturated heterocycles. The maximum absolute atomic E-state index is 12.7. The molecule has 1 aliphatic rings. The van der Waals surface area contributed by atoms with Crippen molar-refractivity contribution in [1.29, 1.82) is 0 Å². The molecule has 0 aliphatic carbocycles. The van der Waals surface area contributed by atoms with Crippen molar-refractivity contribution >= 4 is 56.5 Å². The minimum Gasteiger partial charge on any atom is -0.493 e. The topological polar surface area (TPSA) is 55.8 Å². The summed E-state index contributed by atoms with van der Waals surface area (Å²) in [5.74, 6) is 0.619. The van der Waals surface area contributed by atoms with Gasteiger partial charge in [-0.3, -0.25) is 14.5 Å². The zero-order chi connectivity index (χ0) is 19.6. The van der Waals surface area contributed by atoms with Gasteiger partial charge >= 0.3 is 0 Å². The van der Waals surface area contributed by atoms with Crippen LogP contribution in [-0.4, -0.2) is 30.3 Å².